The number of nitrogens with zero attached hydrogens (tertiary/aromatic N) is 4. The van der Waals surface area contributed by atoms with E-state index in [0.717, 1.165) is 11.8 Å². The van der Waals surface area contributed by atoms with Gasteiger partial charge in [-0.15, -0.1) is 0 Å². The van der Waals surface area contributed by atoms with Gasteiger partial charge in [0.25, 0.3) is 0 Å². The number of ether oxygens (including phenoxy) is 1. The van der Waals surface area contributed by atoms with Crippen molar-refractivity contribution in [2.24, 2.45) is 28.7 Å². The third-order valence-electron chi connectivity index (χ3n) is 16.5. The maximum absolute atomic E-state index is 7.19. The molecule has 5 aliphatic carbocycles. The fourth-order valence-corrected chi connectivity index (χ4v) is 15.2. The molecule has 0 amide bonds. The minimum atomic E-state index is 0.467. The summed E-state index contributed by atoms with van der Waals surface area (Å²) in [6.07, 6.45) is 22.8. The highest BCUT2D eigenvalue weighted by Gasteiger charge is 2.72. The number of fused-ring (bicyclic) bond motifs is 13. The van der Waals surface area contributed by atoms with Crippen LogP contribution in [0.3, 0.4) is 0 Å². The average molecular weight is 657 g/mol. The van der Waals surface area contributed by atoms with Crippen LogP contribution < -0.4 is 0 Å². The Kier molecular flexibility index (Phi) is 6.60. The van der Waals surface area contributed by atoms with Gasteiger partial charge in [0.2, 0.25) is 0 Å². The molecule has 2 aromatic carbocycles. The van der Waals surface area contributed by atoms with Gasteiger partial charge in [0.15, 0.2) is 5.96 Å². The summed E-state index contributed by atoms with van der Waals surface area (Å²) in [5.41, 5.74) is 4.59. The van der Waals surface area contributed by atoms with Crippen LogP contribution in [0, 0.1) is 23.7 Å². The number of aliphatic imine (C=N–C) groups is 1. The van der Waals surface area contributed by atoms with Crippen LogP contribution >= 0.6 is 0 Å². The SMILES string of the molecule is c1ccc(-c2ccccc2C2C3CCCCC3N3C4=NC5CCCCC5N4C4C5C6CCCC7OC8CCCCC8N(C5CC2C43)C76)cc1. The van der Waals surface area contributed by atoms with E-state index >= 15 is 0 Å². The second-order valence-electron chi connectivity index (χ2n) is 18.3. The predicted octanol–water partition coefficient (Wildman–Crippen LogP) is 8.24. The highest BCUT2D eigenvalue weighted by molar-refractivity contribution is 5.87. The minimum Gasteiger partial charge on any atom is -0.372 e. The highest BCUT2D eigenvalue weighted by atomic mass is 16.5. The van der Waals surface area contributed by atoms with Crippen LogP contribution in [0.15, 0.2) is 59.6 Å². The Bertz CT molecular complexity index is 1630. The Balaban J connectivity index is 1.06. The molecule has 0 radical (unpaired) electrons. The van der Waals surface area contributed by atoms with Crippen LogP contribution in [0.4, 0.5) is 0 Å². The van der Waals surface area contributed by atoms with Crippen LogP contribution in [0.2, 0.25) is 0 Å². The van der Waals surface area contributed by atoms with E-state index in [1.165, 1.54) is 120 Å². The number of guanidine groups is 1. The fraction of sp³-hybridized carbons (Fsp3) is 0.705. The summed E-state index contributed by atoms with van der Waals surface area (Å²) in [7, 11) is 0. The Morgan fingerprint density at radius 2 is 1.27 bits per heavy atom. The number of hydrogen-bond donors (Lipinski definition) is 0. The lowest BCUT2D eigenvalue weighted by atomic mass is 9.55. The normalized spacial score (nSPS) is 47.6. The first kappa shape index (κ1) is 29.2. The van der Waals surface area contributed by atoms with Crippen molar-refractivity contribution in [3.63, 3.8) is 0 Å². The van der Waals surface area contributed by atoms with E-state index in [-0.39, 0.29) is 0 Å². The summed E-state index contributed by atoms with van der Waals surface area (Å²) in [6, 6.07) is 26.2. The molecule has 0 aromatic heterocycles. The maximum Gasteiger partial charge on any atom is 0.198 e. The van der Waals surface area contributed by atoms with Crippen molar-refractivity contribution in [3.05, 3.63) is 60.2 Å². The van der Waals surface area contributed by atoms with Crippen LogP contribution in [0.1, 0.15) is 114 Å². The molecule has 15 atom stereocenters. The number of hydrogen-bond acceptors (Lipinski definition) is 5. The summed E-state index contributed by atoms with van der Waals surface area (Å²) >= 11 is 0. The highest BCUT2D eigenvalue weighted by Crippen LogP contribution is 2.65. The van der Waals surface area contributed by atoms with E-state index in [0.29, 0.717) is 78.3 Å². The standard InChI is InChI=1S/C44H56N4O/c1-2-13-26(14-3-1)27-15-4-5-16-28(27)39-29-17-6-8-20-33(29)47-42-31(39)25-36-40(43(42)48-34-21-9-7-19-32(34)45-44(47)48)30-18-12-24-38-41(30)46(36)35-22-10-11-23-37(35)49-38/h1-5,13-16,29-43H,6-12,17-25H2. The number of piperidine rings is 1. The van der Waals surface area contributed by atoms with Crippen molar-refractivity contribution in [1.82, 2.24) is 14.7 Å². The zero-order valence-corrected chi connectivity index (χ0v) is 29.4. The molecular weight excluding hydrogens is 601 g/mol. The van der Waals surface area contributed by atoms with E-state index in [1.807, 2.05) is 0 Å². The Hall–Kier alpha value is -2.37. The van der Waals surface area contributed by atoms with Crippen molar-refractivity contribution >= 4 is 5.96 Å². The first-order valence-corrected chi connectivity index (χ1v) is 21.1. The zero-order valence-electron chi connectivity index (χ0n) is 29.4. The van der Waals surface area contributed by atoms with Crippen LogP contribution in [0.25, 0.3) is 11.1 Å². The molecule has 49 heavy (non-hydrogen) atoms. The lowest BCUT2D eigenvalue weighted by Gasteiger charge is -2.59. The molecule has 0 spiro atoms. The third kappa shape index (κ3) is 3.99. The van der Waals surface area contributed by atoms with Gasteiger partial charge in [0, 0.05) is 30.1 Å². The molecule has 5 heteroatoms. The van der Waals surface area contributed by atoms with Crippen molar-refractivity contribution in [2.75, 3.05) is 0 Å². The van der Waals surface area contributed by atoms with E-state index in [9.17, 15) is 0 Å². The van der Waals surface area contributed by atoms with Gasteiger partial charge in [0.05, 0.1) is 36.4 Å². The zero-order chi connectivity index (χ0) is 31.8. The van der Waals surface area contributed by atoms with Crippen LogP contribution in [0.5, 0.6) is 0 Å². The molecule has 9 fully saturated rings. The minimum absolute atomic E-state index is 0.467. The second-order valence-corrected chi connectivity index (χ2v) is 18.3. The summed E-state index contributed by atoms with van der Waals surface area (Å²) in [4.78, 5) is 15.3. The van der Waals surface area contributed by atoms with Gasteiger partial charge in [-0.3, -0.25) is 4.90 Å². The lowest BCUT2D eigenvalue weighted by molar-refractivity contribution is -0.179. The third-order valence-corrected chi connectivity index (χ3v) is 16.5. The molecule has 0 N–H and O–H groups in total. The molecule has 5 nitrogen and oxygen atoms in total. The largest absolute Gasteiger partial charge is 0.372 e. The van der Waals surface area contributed by atoms with Gasteiger partial charge < -0.3 is 14.5 Å². The molecule has 10 aliphatic rings. The Labute approximate surface area is 293 Å². The van der Waals surface area contributed by atoms with Crippen molar-refractivity contribution in [3.8, 4) is 11.1 Å². The number of morpholine rings is 1. The van der Waals surface area contributed by atoms with Gasteiger partial charge in [-0.05, 0) is 98.1 Å². The molecule has 4 saturated heterocycles. The van der Waals surface area contributed by atoms with E-state index in [2.05, 4.69) is 69.3 Å². The van der Waals surface area contributed by atoms with Crippen LogP contribution in [-0.4, -0.2) is 81.2 Å². The molecule has 258 valence electrons. The lowest BCUT2D eigenvalue weighted by Crippen LogP contribution is -2.67. The maximum atomic E-state index is 7.19. The van der Waals surface area contributed by atoms with E-state index in [1.54, 1.807) is 5.56 Å². The first-order chi connectivity index (χ1) is 24.3. The Morgan fingerprint density at radius 1 is 0.551 bits per heavy atom. The smallest absolute Gasteiger partial charge is 0.198 e. The van der Waals surface area contributed by atoms with Crippen molar-refractivity contribution in [1.29, 1.82) is 0 Å². The first-order valence-electron chi connectivity index (χ1n) is 21.1. The molecule has 5 saturated carbocycles. The number of benzene rings is 2. The van der Waals surface area contributed by atoms with Crippen LogP contribution in [-0.2, 0) is 4.74 Å². The Morgan fingerprint density at radius 3 is 2.18 bits per heavy atom. The molecule has 2 aromatic rings. The molecule has 15 unspecified atom stereocenters. The average Bonchev–Trinajstić information content (AvgIpc) is 3.81. The summed E-state index contributed by atoms with van der Waals surface area (Å²) in [5, 5.41) is 0. The number of rotatable bonds is 2. The molecule has 5 heterocycles. The molecular formula is C44H56N4O. The van der Waals surface area contributed by atoms with Gasteiger partial charge in [-0.25, -0.2) is 4.99 Å². The molecule has 0 bridgehead atoms. The van der Waals surface area contributed by atoms with Gasteiger partial charge >= 0.3 is 0 Å². The fourth-order valence-electron chi connectivity index (χ4n) is 15.2. The summed E-state index contributed by atoms with van der Waals surface area (Å²) < 4.78 is 7.19. The van der Waals surface area contributed by atoms with Gasteiger partial charge in [0.1, 0.15) is 0 Å². The van der Waals surface area contributed by atoms with Gasteiger partial charge in [-0.1, -0.05) is 99.5 Å². The topological polar surface area (TPSA) is 31.3 Å². The van der Waals surface area contributed by atoms with Crippen molar-refractivity contribution in [2.45, 2.75) is 169 Å². The quantitative estimate of drug-likeness (QED) is 0.326. The van der Waals surface area contributed by atoms with Crippen molar-refractivity contribution < 1.29 is 4.74 Å². The van der Waals surface area contributed by atoms with E-state index in [4.69, 9.17) is 9.73 Å². The van der Waals surface area contributed by atoms with Gasteiger partial charge in [-0.2, -0.15) is 0 Å². The predicted molar refractivity (Wildman–Crippen MR) is 194 cm³/mol. The molecule has 5 aliphatic heterocycles. The summed E-state index contributed by atoms with van der Waals surface area (Å²) in [5.74, 6) is 5.06. The molecule has 12 rings (SSSR count). The second kappa shape index (κ2) is 11.1. The van der Waals surface area contributed by atoms with E-state index < -0.39 is 0 Å². The monoisotopic (exact) mass is 656 g/mol. The summed E-state index contributed by atoms with van der Waals surface area (Å²) in [6.45, 7) is 0.